The number of aromatic nitrogens is 3. The quantitative estimate of drug-likeness (QED) is 0.401. The van der Waals surface area contributed by atoms with Crippen LogP contribution in [0.2, 0.25) is 5.02 Å². The lowest BCUT2D eigenvalue weighted by atomic mass is 10.1. The van der Waals surface area contributed by atoms with Crippen molar-refractivity contribution in [2.45, 2.75) is 0 Å². The third-order valence-electron chi connectivity index (χ3n) is 5.51. The highest BCUT2D eigenvalue weighted by molar-refractivity contribution is 7.58. The third-order valence-corrected chi connectivity index (χ3v) is 8.21. The number of aromatic amines is 2. The number of nitrogens with one attached hydrogen (secondary N) is 2. The first kappa shape index (κ1) is 18.6. The number of rotatable bonds is 1. The van der Waals surface area contributed by atoms with E-state index < -0.39 is 0 Å². The number of para-hydroxylation sites is 2. The van der Waals surface area contributed by atoms with Crippen LogP contribution in [0.4, 0.5) is 5.69 Å². The molecule has 0 saturated carbocycles. The molecule has 2 aliphatic heterocycles. The number of hydrogen-bond donors (Lipinski definition) is 3. The summed E-state index contributed by atoms with van der Waals surface area (Å²) in [6, 6.07) is 12.7. The molecule has 8 heteroatoms. The smallest absolute Gasteiger partial charge is 0.261 e. The number of nitrogens with zero attached hydrogens (tertiary/aromatic N) is 2. The highest BCUT2D eigenvalue weighted by Gasteiger charge is 2.27. The van der Waals surface area contributed by atoms with Crippen molar-refractivity contribution in [3.05, 3.63) is 57.8 Å². The maximum Gasteiger partial charge on any atom is 0.261 e. The van der Waals surface area contributed by atoms with E-state index in [2.05, 4.69) is 19.9 Å². The molecule has 29 heavy (non-hydrogen) atoms. The molecule has 4 N–H and O–H groups in total. The Hall–Kier alpha value is -2.40. The van der Waals surface area contributed by atoms with Crippen LogP contribution in [0.3, 0.4) is 0 Å². The molecule has 6 rings (SSSR count). The van der Waals surface area contributed by atoms with Crippen molar-refractivity contribution in [1.29, 1.82) is 0 Å². The molecule has 2 bridgehead atoms. The van der Waals surface area contributed by atoms with Gasteiger partial charge in [-0.3, -0.25) is 9.69 Å². The molecule has 2 aromatic carbocycles. The van der Waals surface area contributed by atoms with Gasteiger partial charge in [-0.25, -0.2) is 4.98 Å². The molecular weight excluding hydrogens is 405 g/mol. The van der Waals surface area contributed by atoms with Gasteiger partial charge in [-0.2, -0.15) is 0 Å². The second-order valence-corrected chi connectivity index (χ2v) is 10.4. The van der Waals surface area contributed by atoms with Crippen LogP contribution in [0.15, 0.2) is 47.3 Å². The number of hydrogen-bond acceptors (Lipinski definition) is 4. The molecule has 0 aliphatic carbocycles. The van der Waals surface area contributed by atoms with Gasteiger partial charge in [0, 0.05) is 29.8 Å². The predicted molar refractivity (Wildman–Crippen MR) is 122 cm³/mol. The molecule has 2 fully saturated rings. The maximum absolute atomic E-state index is 12.4. The van der Waals surface area contributed by atoms with Crippen molar-refractivity contribution in [2.75, 3.05) is 37.4 Å². The molecule has 2 aromatic heterocycles. The Morgan fingerprint density at radius 3 is 2.52 bits per heavy atom. The monoisotopic (exact) mass is 425 g/mol. The van der Waals surface area contributed by atoms with Crippen molar-refractivity contribution < 1.29 is 0 Å². The van der Waals surface area contributed by atoms with Gasteiger partial charge in [0.1, 0.15) is 11.4 Å². The summed E-state index contributed by atoms with van der Waals surface area (Å²) in [5.74, 6) is 0.446. The summed E-state index contributed by atoms with van der Waals surface area (Å²) in [6.07, 6.45) is 4.58. The van der Waals surface area contributed by atoms with E-state index in [1.807, 2.05) is 24.3 Å². The number of fused-ring (bicyclic) bond motifs is 4. The first-order valence-electron chi connectivity index (χ1n) is 9.59. The molecule has 4 heterocycles. The summed E-state index contributed by atoms with van der Waals surface area (Å²) >= 11 is 6.02. The number of nitrogen functional groups attached to an aromatic ring is 1. The van der Waals surface area contributed by atoms with Crippen molar-refractivity contribution in [3.8, 4) is 11.4 Å². The van der Waals surface area contributed by atoms with Gasteiger partial charge >= 0.3 is 0 Å². The minimum absolute atomic E-state index is 0.286. The van der Waals surface area contributed by atoms with Crippen LogP contribution < -0.4 is 11.3 Å². The van der Waals surface area contributed by atoms with E-state index in [1.165, 1.54) is 19.4 Å². The molecule has 2 saturated heterocycles. The number of halogens is 1. The zero-order valence-corrected chi connectivity index (χ0v) is 17.4. The van der Waals surface area contributed by atoms with Crippen LogP contribution in [0, 0.1) is 0 Å². The lowest BCUT2D eigenvalue weighted by molar-refractivity contribution is 0.388. The molecule has 0 spiro atoms. The van der Waals surface area contributed by atoms with Gasteiger partial charge in [0.05, 0.1) is 22.2 Å². The first-order valence-corrected chi connectivity index (χ1v) is 11.9. The fourth-order valence-corrected chi connectivity index (χ4v) is 6.61. The standard InChI is InChI=1S/C16H11ClN4O.C5H10NP/c17-8-5-6-10-9(7-8)14(18)13(16(22)21-10)15-19-11-3-1-2-4-12(11)20-15;1-3-7-4-2-6(1)5-7/h1-7H,(H,19,20)(H3,18,21,22);1-5H2. The SMILES string of the molecule is C1CP2CCN1C2.Nc1c(-c2nc3ccccc3[nH]2)c(=O)[nH]c2ccc(Cl)cc12. The van der Waals surface area contributed by atoms with Gasteiger partial charge in [-0.15, -0.1) is 0 Å². The van der Waals surface area contributed by atoms with Gasteiger partial charge in [0.2, 0.25) is 0 Å². The number of imidazole rings is 1. The molecule has 0 unspecified atom stereocenters. The minimum Gasteiger partial charge on any atom is -0.397 e. The van der Waals surface area contributed by atoms with Crippen LogP contribution in [-0.2, 0) is 0 Å². The van der Waals surface area contributed by atoms with Crippen LogP contribution in [0.1, 0.15) is 0 Å². The van der Waals surface area contributed by atoms with E-state index in [0.29, 0.717) is 40.9 Å². The minimum atomic E-state index is -0.286. The molecule has 0 amide bonds. The van der Waals surface area contributed by atoms with Crippen LogP contribution in [0.5, 0.6) is 0 Å². The normalized spacial score (nSPS) is 20.2. The van der Waals surface area contributed by atoms with Crippen molar-refractivity contribution in [2.24, 2.45) is 0 Å². The topological polar surface area (TPSA) is 90.8 Å². The van der Waals surface area contributed by atoms with Gasteiger partial charge in [-0.05, 0) is 42.7 Å². The summed E-state index contributed by atoms with van der Waals surface area (Å²) in [5, 5.41) is 1.25. The molecule has 148 valence electrons. The zero-order chi connectivity index (χ0) is 20.0. The summed E-state index contributed by atoms with van der Waals surface area (Å²) in [7, 11) is 0.557. The lowest BCUT2D eigenvalue weighted by Gasteiger charge is -2.08. The Labute approximate surface area is 173 Å². The second-order valence-electron chi connectivity index (χ2n) is 7.41. The van der Waals surface area contributed by atoms with Crippen molar-refractivity contribution >= 4 is 47.1 Å². The number of benzene rings is 2. The van der Waals surface area contributed by atoms with E-state index in [4.69, 9.17) is 17.3 Å². The largest absolute Gasteiger partial charge is 0.397 e. The number of anilines is 1. The van der Waals surface area contributed by atoms with E-state index in [9.17, 15) is 4.79 Å². The fourth-order valence-electron chi connectivity index (χ4n) is 3.95. The summed E-state index contributed by atoms with van der Waals surface area (Å²) in [5.41, 5.74) is 8.88. The van der Waals surface area contributed by atoms with Gasteiger partial charge in [-0.1, -0.05) is 31.7 Å². The molecule has 0 radical (unpaired) electrons. The van der Waals surface area contributed by atoms with Gasteiger partial charge in [0.15, 0.2) is 0 Å². The molecule has 4 aromatic rings. The fraction of sp³-hybridized carbons (Fsp3) is 0.238. The van der Waals surface area contributed by atoms with Gasteiger partial charge in [0.25, 0.3) is 5.56 Å². The Morgan fingerprint density at radius 1 is 1.07 bits per heavy atom. The summed E-state index contributed by atoms with van der Waals surface area (Å²) < 4.78 is 0. The van der Waals surface area contributed by atoms with E-state index in [0.717, 1.165) is 11.0 Å². The molecule has 2 aliphatic rings. The highest BCUT2D eigenvalue weighted by Crippen LogP contribution is 2.45. The van der Waals surface area contributed by atoms with E-state index >= 15 is 0 Å². The first-order chi connectivity index (χ1) is 14.1. The lowest BCUT2D eigenvalue weighted by Crippen LogP contribution is -2.19. The highest BCUT2D eigenvalue weighted by atomic mass is 35.5. The average molecular weight is 426 g/mol. The van der Waals surface area contributed by atoms with Crippen LogP contribution >= 0.6 is 19.5 Å². The second kappa shape index (κ2) is 7.45. The Morgan fingerprint density at radius 2 is 1.86 bits per heavy atom. The van der Waals surface area contributed by atoms with Crippen molar-refractivity contribution in [3.63, 3.8) is 0 Å². The summed E-state index contributed by atoms with van der Waals surface area (Å²) in [6.45, 7) is 2.84. The third kappa shape index (κ3) is 3.52. The van der Waals surface area contributed by atoms with Gasteiger partial charge < -0.3 is 15.7 Å². The zero-order valence-electron chi connectivity index (χ0n) is 15.8. The van der Waals surface area contributed by atoms with Crippen molar-refractivity contribution in [1.82, 2.24) is 19.9 Å². The van der Waals surface area contributed by atoms with Crippen LogP contribution in [0.25, 0.3) is 33.3 Å². The number of H-pyrrole nitrogens is 2. The Balaban J connectivity index is 0.000000216. The Kier molecular flexibility index (Phi) is 4.78. The number of pyridine rings is 1. The molecular formula is C21H21ClN5OP. The van der Waals surface area contributed by atoms with Crippen LogP contribution in [-0.4, -0.2) is 51.6 Å². The Bertz CT molecular complexity index is 1220. The molecule has 6 nitrogen and oxygen atoms in total. The summed E-state index contributed by atoms with van der Waals surface area (Å²) in [4.78, 5) is 25.4. The van der Waals surface area contributed by atoms with E-state index in [-0.39, 0.29) is 5.56 Å². The number of nitrogens with two attached hydrogens (primary N) is 1. The van der Waals surface area contributed by atoms with E-state index in [1.54, 1.807) is 30.5 Å². The maximum atomic E-state index is 12.4. The predicted octanol–water partition coefficient (Wildman–Crippen LogP) is 4.06. The molecule has 0 atom stereocenters. The average Bonchev–Trinajstić information content (AvgIpc) is 3.46.